The molecule has 0 amide bonds. The molecule has 0 saturated heterocycles. The van der Waals surface area contributed by atoms with Crippen LogP contribution in [0.15, 0.2) is 11.6 Å². The van der Waals surface area contributed by atoms with Gasteiger partial charge in [0.1, 0.15) is 0 Å². The second-order valence-electron chi connectivity index (χ2n) is 15.6. The molecule has 0 spiro atoms. The second kappa shape index (κ2) is 15.4. The fourth-order valence-electron chi connectivity index (χ4n) is 10.2. The summed E-state index contributed by atoms with van der Waals surface area (Å²) in [5.74, 6) is 5.41. The summed E-state index contributed by atoms with van der Waals surface area (Å²) in [6, 6.07) is 0. The van der Waals surface area contributed by atoms with Gasteiger partial charge in [0.2, 0.25) is 0 Å². The third-order valence-electron chi connectivity index (χ3n) is 12.6. The molecule has 4 aliphatic rings. The Morgan fingerprint density at radius 1 is 0.825 bits per heavy atom. The molecule has 0 aromatic rings. The maximum Gasteiger partial charge on any atom is 0.0967 e. The molecule has 4 rings (SSSR count). The topological polar surface area (TPSA) is 38.7 Å². The first-order valence-electron chi connectivity index (χ1n) is 17.9. The Hall–Kier alpha value is -0.380. The van der Waals surface area contributed by atoms with E-state index < -0.39 is 0 Å². The van der Waals surface area contributed by atoms with E-state index in [1.165, 1.54) is 96.3 Å². The van der Waals surface area contributed by atoms with Crippen LogP contribution in [0.3, 0.4) is 0 Å². The Morgan fingerprint density at radius 3 is 2.27 bits per heavy atom. The van der Waals surface area contributed by atoms with Gasteiger partial charge in [-0.15, -0.1) is 0 Å². The van der Waals surface area contributed by atoms with Crippen LogP contribution in [0.2, 0.25) is 0 Å². The van der Waals surface area contributed by atoms with Crippen molar-refractivity contribution < 1.29 is 14.9 Å². The minimum Gasteiger partial charge on any atom is -0.396 e. The molecule has 0 aromatic carbocycles. The van der Waals surface area contributed by atoms with E-state index in [2.05, 4.69) is 40.7 Å². The van der Waals surface area contributed by atoms with Crippen molar-refractivity contribution in [1.29, 1.82) is 0 Å². The number of aliphatic hydroxyl groups excluding tert-OH is 1. The molecule has 8 atom stereocenters. The molecule has 3 nitrogen and oxygen atoms in total. The molecule has 0 unspecified atom stereocenters. The van der Waals surface area contributed by atoms with Gasteiger partial charge in [0.15, 0.2) is 0 Å². The average molecular weight is 559 g/mol. The highest BCUT2D eigenvalue weighted by molar-refractivity contribution is 5.25. The minimum atomic E-state index is 0.249. The molecule has 3 heteroatoms. The highest BCUT2D eigenvalue weighted by atomic mass is 17.2. The largest absolute Gasteiger partial charge is 0.396 e. The van der Waals surface area contributed by atoms with Gasteiger partial charge in [-0.25, -0.2) is 9.78 Å². The molecule has 40 heavy (non-hydrogen) atoms. The lowest BCUT2D eigenvalue weighted by molar-refractivity contribution is -0.329. The molecule has 232 valence electrons. The van der Waals surface area contributed by atoms with Gasteiger partial charge < -0.3 is 5.11 Å². The first-order chi connectivity index (χ1) is 19.3. The third kappa shape index (κ3) is 7.76. The van der Waals surface area contributed by atoms with Crippen LogP contribution in [0, 0.1) is 46.3 Å². The summed E-state index contributed by atoms with van der Waals surface area (Å²) >= 11 is 0. The Kier molecular flexibility index (Phi) is 12.5. The molecular weight excluding hydrogens is 492 g/mol. The van der Waals surface area contributed by atoms with E-state index in [1.807, 2.05) is 0 Å². The van der Waals surface area contributed by atoms with Gasteiger partial charge >= 0.3 is 0 Å². The van der Waals surface area contributed by atoms with E-state index in [9.17, 15) is 0 Å². The number of fused-ring (bicyclic) bond motifs is 5. The molecule has 3 fully saturated rings. The summed E-state index contributed by atoms with van der Waals surface area (Å²) < 4.78 is 0. The van der Waals surface area contributed by atoms with Crippen molar-refractivity contribution in [2.45, 2.75) is 163 Å². The van der Waals surface area contributed by atoms with Gasteiger partial charge in [0.05, 0.1) is 12.7 Å². The molecule has 0 aromatic heterocycles. The lowest BCUT2D eigenvalue weighted by Crippen LogP contribution is -2.51. The van der Waals surface area contributed by atoms with Crippen LogP contribution in [0.5, 0.6) is 0 Å². The Labute approximate surface area is 248 Å². The molecule has 4 aliphatic carbocycles. The van der Waals surface area contributed by atoms with Crippen molar-refractivity contribution in [3.8, 4) is 0 Å². The summed E-state index contributed by atoms with van der Waals surface area (Å²) in [5.41, 5.74) is 2.67. The summed E-state index contributed by atoms with van der Waals surface area (Å²) in [6.07, 6.45) is 27.5. The highest BCUT2D eigenvalue weighted by Gasteiger charge is 2.59. The van der Waals surface area contributed by atoms with E-state index in [1.54, 1.807) is 5.57 Å². The standard InChI is InChI=1S/C37H66O3/c1-28(2)15-14-16-29(3)33-19-20-34-32-18-17-30-27-31(21-23-36(30,4)35(32)22-24-37(33,34)5)40-39-26-13-11-9-7-6-8-10-12-25-38/h17,28-29,31-35,38H,6-16,18-27H2,1-5H3/t29-,31+,32+,33-,34+,35+,36+,37-/m1/s1. The summed E-state index contributed by atoms with van der Waals surface area (Å²) in [7, 11) is 0. The normalized spacial score (nSPS) is 36.2. The minimum absolute atomic E-state index is 0.249. The SMILES string of the molecule is CC(C)CCC[C@@H](C)[C@H]1CC[C@H]2[C@@H]3CC=C4C[C@@H](OOCCCCCCCCCCO)CC[C@]4(C)[C@H]3CC[C@]12C. The lowest BCUT2D eigenvalue weighted by atomic mass is 9.47. The van der Waals surface area contributed by atoms with Crippen LogP contribution < -0.4 is 0 Å². The van der Waals surface area contributed by atoms with Crippen LogP contribution in [0.25, 0.3) is 0 Å². The van der Waals surface area contributed by atoms with Gasteiger partial charge in [-0.1, -0.05) is 104 Å². The predicted molar refractivity (Wildman–Crippen MR) is 168 cm³/mol. The molecule has 0 bridgehead atoms. The van der Waals surface area contributed by atoms with Gasteiger partial charge in [0, 0.05) is 6.61 Å². The zero-order chi connectivity index (χ0) is 28.6. The molecule has 0 radical (unpaired) electrons. The maximum atomic E-state index is 8.86. The second-order valence-corrected chi connectivity index (χ2v) is 15.6. The van der Waals surface area contributed by atoms with E-state index in [0.29, 0.717) is 17.4 Å². The number of rotatable bonds is 17. The molecular formula is C37H66O3. The van der Waals surface area contributed by atoms with Crippen LogP contribution in [-0.2, 0) is 9.78 Å². The first-order valence-corrected chi connectivity index (χ1v) is 17.9. The van der Waals surface area contributed by atoms with Crippen molar-refractivity contribution >= 4 is 0 Å². The van der Waals surface area contributed by atoms with E-state index >= 15 is 0 Å². The van der Waals surface area contributed by atoms with Crippen molar-refractivity contribution in [3.05, 3.63) is 11.6 Å². The van der Waals surface area contributed by atoms with E-state index in [4.69, 9.17) is 14.9 Å². The van der Waals surface area contributed by atoms with Crippen LogP contribution >= 0.6 is 0 Å². The molecule has 1 N–H and O–H groups in total. The zero-order valence-electron chi connectivity index (χ0n) is 27.2. The van der Waals surface area contributed by atoms with Gasteiger partial charge in [-0.05, 0) is 111 Å². The smallest absolute Gasteiger partial charge is 0.0967 e. The number of hydrogen-bond donors (Lipinski definition) is 1. The van der Waals surface area contributed by atoms with Gasteiger partial charge in [-0.3, -0.25) is 0 Å². The van der Waals surface area contributed by atoms with Gasteiger partial charge in [-0.2, -0.15) is 0 Å². The quantitative estimate of drug-likeness (QED) is 0.0835. The highest BCUT2D eigenvalue weighted by Crippen LogP contribution is 2.67. The number of allylic oxidation sites excluding steroid dienone is 1. The third-order valence-corrected chi connectivity index (χ3v) is 12.6. The first kappa shape index (κ1) is 32.5. The Balaban J connectivity index is 1.21. The van der Waals surface area contributed by atoms with Crippen LogP contribution in [0.4, 0.5) is 0 Å². The van der Waals surface area contributed by atoms with E-state index in [0.717, 1.165) is 67.8 Å². The number of hydrogen-bond acceptors (Lipinski definition) is 3. The maximum absolute atomic E-state index is 8.86. The van der Waals surface area contributed by atoms with Crippen molar-refractivity contribution in [3.63, 3.8) is 0 Å². The van der Waals surface area contributed by atoms with Crippen molar-refractivity contribution in [2.75, 3.05) is 13.2 Å². The molecule has 3 saturated carbocycles. The molecule has 0 aliphatic heterocycles. The fraction of sp³-hybridized carbons (Fsp3) is 0.946. The average Bonchev–Trinajstić information content (AvgIpc) is 3.29. The lowest BCUT2D eigenvalue weighted by Gasteiger charge is -2.58. The monoisotopic (exact) mass is 559 g/mol. The number of unbranched alkanes of at least 4 members (excludes halogenated alkanes) is 7. The zero-order valence-corrected chi connectivity index (χ0v) is 27.2. The summed E-state index contributed by atoms with van der Waals surface area (Å²) in [5, 5.41) is 8.86. The summed E-state index contributed by atoms with van der Waals surface area (Å²) in [6.45, 7) is 13.8. The predicted octanol–water partition coefficient (Wildman–Crippen LogP) is 10.5. The number of aliphatic hydroxyl groups is 1. The van der Waals surface area contributed by atoms with Crippen LogP contribution in [-0.4, -0.2) is 24.4 Å². The Morgan fingerprint density at radius 2 is 1.55 bits per heavy atom. The van der Waals surface area contributed by atoms with E-state index in [-0.39, 0.29) is 6.10 Å². The van der Waals surface area contributed by atoms with Crippen LogP contribution in [0.1, 0.15) is 157 Å². The Bertz CT molecular complexity index is 775. The fourth-order valence-corrected chi connectivity index (χ4v) is 10.2. The van der Waals surface area contributed by atoms with Gasteiger partial charge in [0.25, 0.3) is 0 Å². The van der Waals surface area contributed by atoms with Crippen molar-refractivity contribution in [2.24, 2.45) is 46.3 Å². The summed E-state index contributed by atoms with van der Waals surface area (Å²) in [4.78, 5) is 11.7. The van der Waals surface area contributed by atoms with Crippen molar-refractivity contribution in [1.82, 2.24) is 0 Å². The molecule has 0 heterocycles.